The quantitative estimate of drug-likeness (QED) is 0.340. The third-order valence-electron chi connectivity index (χ3n) is 2.14. The summed E-state index contributed by atoms with van der Waals surface area (Å²) in [5.41, 5.74) is 0. The van der Waals surface area contributed by atoms with E-state index in [1.165, 1.54) is 0 Å². The van der Waals surface area contributed by atoms with Gasteiger partial charge in [0.1, 0.15) is 31.0 Å². The summed E-state index contributed by atoms with van der Waals surface area (Å²) in [6.07, 6.45) is -7.46. The van der Waals surface area contributed by atoms with Crippen molar-refractivity contribution in [1.82, 2.24) is 0 Å². The summed E-state index contributed by atoms with van der Waals surface area (Å²) in [6, 6.07) is 0. The van der Waals surface area contributed by atoms with Gasteiger partial charge in [-0.05, 0) is 0 Å². The van der Waals surface area contributed by atoms with Gasteiger partial charge in [-0.1, -0.05) is 0 Å². The fraction of sp³-hybridized carbons (Fsp3) is 0.875. The van der Waals surface area contributed by atoms with Crippen molar-refractivity contribution in [2.45, 2.75) is 30.7 Å². The zero-order valence-corrected chi connectivity index (χ0v) is 8.13. The summed E-state index contributed by atoms with van der Waals surface area (Å²) in [5.74, 6) is -1.59. The number of ether oxygens (including phenoxy) is 2. The normalized spacial score (nSPS) is 39.1. The third-order valence-corrected chi connectivity index (χ3v) is 2.14. The van der Waals surface area contributed by atoms with Crippen molar-refractivity contribution in [1.29, 1.82) is 0 Å². The van der Waals surface area contributed by atoms with Crippen molar-refractivity contribution in [2.24, 2.45) is 0 Å². The maximum atomic E-state index is 10.4. The van der Waals surface area contributed by atoms with E-state index < -0.39 is 49.9 Å². The molecule has 94 valence electrons. The van der Waals surface area contributed by atoms with Crippen molar-refractivity contribution >= 4 is 5.97 Å². The molecule has 6 atom stereocenters. The monoisotopic (exact) mass is 239 g/mol. The zero-order chi connectivity index (χ0) is 13.2. The lowest BCUT2D eigenvalue weighted by Gasteiger charge is -2.22. The maximum Gasteiger partial charge on any atom is 0.329 e. The van der Waals surface area contributed by atoms with Crippen LogP contribution in [0.1, 0.15) is 1.37 Å². The highest BCUT2D eigenvalue weighted by Crippen LogP contribution is 2.24. The minimum absolute atomic E-state index is 0.723. The Morgan fingerprint density at radius 2 is 2.19 bits per heavy atom. The summed E-state index contributed by atoms with van der Waals surface area (Å²) < 4.78 is 16.4. The van der Waals surface area contributed by atoms with Crippen LogP contribution >= 0.6 is 0 Å². The molecule has 8 heteroatoms. The van der Waals surface area contributed by atoms with Gasteiger partial charge < -0.3 is 35.0 Å². The largest absolute Gasteiger partial charge is 0.480 e. The molecular formula is C8H14O8. The summed E-state index contributed by atoms with van der Waals surface area (Å²) in [6.45, 7) is -2.71. The number of carbonyl (C=O) groups is 1. The van der Waals surface area contributed by atoms with Gasteiger partial charge in [0.25, 0.3) is 0 Å². The molecule has 0 saturated carbocycles. The molecule has 2 unspecified atom stereocenters. The summed E-state index contributed by atoms with van der Waals surface area (Å²) in [5, 5.41) is 45.1. The van der Waals surface area contributed by atoms with E-state index in [1.54, 1.807) is 0 Å². The van der Waals surface area contributed by atoms with Crippen LogP contribution in [0.25, 0.3) is 0 Å². The van der Waals surface area contributed by atoms with Crippen molar-refractivity contribution < 1.29 is 41.2 Å². The molecule has 1 aliphatic heterocycles. The highest BCUT2D eigenvalue weighted by Gasteiger charge is 2.47. The highest BCUT2D eigenvalue weighted by atomic mass is 16.7. The van der Waals surface area contributed by atoms with Gasteiger partial charge in [-0.25, -0.2) is 4.79 Å². The molecule has 0 bridgehead atoms. The van der Waals surface area contributed by atoms with Gasteiger partial charge in [-0.3, -0.25) is 0 Å². The van der Waals surface area contributed by atoms with Crippen molar-refractivity contribution in [3.8, 4) is 0 Å². The lowest BCUT2D eigenvalue weighted by Crippen LogP contribution is -2.43. The molecule has 1 heterocycles. The molecule has 1 rings (SSSR count). The number of hydrogen-bond donors (Lipinski definition) is 5. The SMILES string of the molecule is [2H]C(O[C@H]1[C@@H]([C@H](O)CO)OC(O)[C@@H]1O)C(=O)O. The van der Waals surface area contributed by atoms with Crippen molar-refractivity contribution in [2.75, 3.05) is 13.2 Å². The van der Waals surface area contributed by atoms with Crippen LogP contribution in [0, 0.1) is 0 Å². The number of aliphatic hydroxyl groups excluding tert-OH is 4. The second-order valence-electron chi connectivity index (χ2n) is 3.29. The molecule has 5 N–H and O–H groups in total. The molecule has 1 fully saturated rings. The number of aliphatic carboxylic acids is 1. The Hall–Kier alpha value is -0.770. The van der Waals surface area contributed by atoms with E-state index in [-0.39, 0.29) is 0 Å². The zero-order valence-electron chi connectivity index (χ0n) is 9.13. The number of aliphatic hydroxyl groups is 4. The summed E-state index contributed by atoms with van der Waals surface area (Å²) >= 11 is 0. The molecule has 0 aromatic carbocycles. The van der Waals surface area contributed by atoms with E-state index in [4.69, 9.17) is 16.3 Å². The fourth-order valence-electron chi connectivity index (χ4n) is 1.38. The van der Waals surface area contributed by atoms with Crippen LogP contribution in [0.15, 0.2) is 0 Å². The molecular weight excluding hydrogens is 224 g/mol. The van der Waals surface area contributed by atoms with Crippen molar-refractivity contribution in [3.05, 3.63) is 0 Å². The van der Waals surface area contributed by atoms with Gasteiger partial charge in [0.15, 0.2) is 6.29 Å². The lowest BCUT2D eigenvalue weighted by atomic mass is 10.1. The van der Waals surface area contributed by atoms with E-state index in [0.717, 1.165) is 0 Å². The van der Waals surface area contributed by atoms with Crippen LogP contribution in [-0.2, 0) is 14.3 Å². The predicted octanol–water partition coefficient (Wildman–Crippen LogP) is -3.11. The Bertz CT molecular complexity index is 274. The second kappa shape index (κ2) is 5.53. The summed E-state index contributed by atoms with van der Waals surface area (Å²) in [7, 11) is 0. The molecule has 0 aliphatic carbocycles. The van der Waals surface area contributed by atoms with E-state index in [9.17, 15) is 20.1 Å². The second-order valence-corrected chi connectivity index (χ2v) is 3.29. The molecule has 1 aliphatic rings. The summed E-state index contributed by atoms with van der Waals surface area (Å²) in [4.78, 5) is 10.4. The van der Waals surface area contributed by atoms with Gasteiger partial charge in [0.05, 0.1) is 7.98 Å². The van der Waals surface area contributed by atoms with Crippen LogP contribution in [0.2, 0.25) is 0 Å². The molecule has 8 nitrogen and oxygen atoms in total. The predicted molar refractivity (Wildman–Crippen MR) is 47.4 cm³/mol. The average molecular weight is 239 g/mol. The van der Waals surface area contributed by atoms with Crippen LogP contribution < -0.4 is 0 Å². The Labute approximate surface area is 92.1 Å². The molecule has 16 heavy (non-hydrogen) atoms. The molecule has 0 amide bonds. The van der Waals surface area contributed by atoms with E-state index in [1.807, 2.05) is 0 Å². The molecule has 0 aromatic rings. The minimum Gasteiger partial charge on any atom is -0.480 e. The Kier molecular flexibility index (Phi) is 4.04. The topological polar surface area (TPSA) is 137 Å². The Morgan fingerprint density at radius 1 is 1.56 bits per heavy atom. The first-order valence-corrected chi connectivity index (χ1v) is 4.49. The molecule has 1 saturated heterocycles. The first kappa shape index (κ1) is 11.7. The molecule has 0 spiro atoms. The van der Waals surface area contributed by atoms with Crippen molar-refractivity contribution in [3.63, 3.8) is 0 Å². The van der Waals surface area contributed by atoms with Crippen LogP contribution in [0.5, 0.6) is 0 Å². The van der Waals surface area contributed by atoms with Crippen LogP contribution in [0.3, 0.4) is 0 Å². The van der Waals surface area contributed by atoms with E-state index in [0.29, 0.717) is 0 Å². The van der Waals surface area contributed by atoms with Gasteiger partial charge in [-0.15, -0.1) is 0 Å². The van der Waals surface area contributed by atoms with Gasteiger partial charge in [0, 0.05) is 0 Å². The maximum absolute atomic E-state index is 10.4. The Balaban J connectivity index is 2.73. The molecule has 0 radical (unpaired) electrons. The third kappa shape index (κ3) is 2.88. The van der Waals surface area contributed by atoms with Gasteiger partial charge in [-0.2, -0.15) is 0 Å². The standard InChI is InChI=1S/C8H14O8/c9-1-3(10)6-7(15-2-4(11)12)5(13)8(14)16-6/h3,5-10,13-14H,1-2H2,(H,11,12)/t3-,5-,6-,7-,8?/m1/s1/i2D/t2?,3-,5-,6-,7-,8?. The minimum atomic E-state index is -1.99. The van der Waals surface area contributed by atoms with Crippen LogP contribution in [0.4, 0.5) is 0 Å². The van der Waals surface area contributed by atoms with Gasteiger partial charge >= 0.3 is 5.97 Å². The molecule has 0 aromatic heterocycles. The first-order valence-electron chi connectivity index (χ1n) is 5.07. The first-order chi connectivity index (χ1) is 7.88. The number of carboxylic acid groups (broad SMARTS) is 1. The van der Waals surface area contributed by atoms with E-state index in [2.05, 4.69) is 4.74 Å². The van der Waals surface area contributed by atoms with Gasteiger partial charge in [0.2, 0.25) is 0 Å². The number of rotatable bonds is 5. The lowest BCUT2D eigenvalue weighted by molar-refractivity contribution is -0.154. The average Bonchev–Trinajstić information content (AvgIpc) is 2.56. The highest BCUT2D eigenvalue weighted by molar-refractivity contribution is 5.68. The Morgan fingerprint density at radius 3 is 2.69 bits per heavy atom. The van der Waals surface area contributed by atoms with Crippen LogP contribution in [-0.4, -0.2) is 75.4 Å². The fourth-order valence-corrected chi connectivity index (χ4v) is 1.38. The number of hydrogen-bond acceptors (Lipinski definition) is 7. The number of carboxylic acids is 1. The van der Waals surface area contributed by atoms with E-state index >= 15 is 0 Å². The smallest absolute Gasteiger partial charge is 0.329 e.